The van der Waals surface area contributed by atoms with E-state index in [4.69, 9.17) is 9.84 Å². The second-order valence-electron chi connectivity index (χ2n) is 3.15. The lowest BCUT2D eigenvalue weighted by molar-refractivity contribution is -0.163. The maximum Gasteiger partial charge on any atom is 0.303 e. The summed E-state index contributed by atoms with van der Waals surface area (Å²) in [6.45, 7) is 5.37. The molecule has 0 saturated carbocycles. The standard InChI is InChI=1S/C9H14O6.C2H6O/c1-6(10)13-4-9(15-8(3)12)5-14-7(2)11;1-2-3/h9H,4-5H2,1-3H3;3H,2H2,1H3. The molecule has 0 atom stereocenters. The van der Waals surface area contributed by atoms with E-state index in [0.29, 0.717) is 0 Å². The predicted octanol–water partition coefficient (Wildman–Crippen LogP) is 0.0429. The first-order valence-corrected chi connectivity index (χ1v) is 5.38. The summed E-state index contributed by atoms with van der Waals surface area (Å²) in [7, 11) is 0. The molecule has 0 aliphatic carbocycles. The second-order valence-corrected chi connectivity index (χ2v) is 3.15. The summed E-state index contributed by atoms with van der Waals surface area (Å²) in [5, 5.41) is 7.57. The summed E-state index contributed by atoms with van der Waals surface area (Å²) in [5.41, 5.74) is 0. The van der Waals surface area contributed by atoms with Gasteiger partial charge in [-0.1, -0.05) is 0 Å². The van der Waals surface area contributed by atoms with Crippen LogP contribution in [-0.2, 0) is 28.6 Å². The Morgan fingerprint density at radius 1 is 0.944 bits per heavy atom. The largest absolute Gasteiger partial charge is 0.462 e. The van der Waals surface area contributed by atoms with Gasteiger partial charge in [0.05, 0.1) is 0 Å². The summed E-state index contributed by atoms with van der Waals surface area (Å²) < 4.78 is 14.0. The third-order valence-corrected chi connectivity index (χ3v) is 1.28. The first-order valence-electron chi connectivity index (χ1n) is 5.38. The predicted molar refractivity (Wildman–Crippen MR) is 61.6 cm³/mol. The van der Waals surface area contributed by atoms with Gasteiger partial charge in [-0.15, -0.1) is 0 Å². The lowest BCUT2D eigenvalue weighted by Crippen LogP contribution is -2.29. The van der Waals surface area contributed by atoms with Gasteiger partial charge in [-0.25, -0.2) is 0 Å². The van der Waals surface area contributed by atoms with Gasteiger partial charge in [0.25, 0.3) is 0 Å². The number of esters is 3. The van der Waals surface area contributed by atoms with E-state index in [1.54, 1.807) is 6.92 Å². The molecule has 0 aromatic heterocycles. The number of rotatable bonds is 5. The lowest BCUT2D eigenvalue weighted by Gasteiger charge is -2.15. The van der Waals surface area contributed by atoms with E-state index < -0.39 is 24.0 Å². The van der Waals surface area contributed by atoms with Gasteiger partial charge in [-0.05, 0) is 6.92 Å². The molecule has 0 spiro atoms. The Morgan fingerprint density at radius 2 is 1.28 bits per heavy atom. The van der Waals surface area contributed by atoms with E-state index in [1.807, 2.05) is 0 Å². The van der Waals surface area contributed by atoms with Gasteiger partial charge >= 0.3 is 17.9 Å². The summed E-state index contributed by atoms with van der Waals surface area (Å²) in [6, 6.07) is 0. The Hall–Kier alpha value is -1.63. The van der Waals surface area contributed by atoms with Gasteiger partial charge in [-0.3, -0.25) is 14.4 Å². The fraction of sp³-hybridized carbons (Fsp3) is 0.727. The molecule has 0 saturated heterocycles. The summed E-state index contributed by atoms with van der Waals surface area (Å²) in [5.74, 6) is -1.51. The molecule has 106 valence electrons. The van der Waals surface area contributed by atoms with E-state index >= 15 is 0 Å². The molecule has 0 unspecified atom stereocenters. The third-order valence-electron chi connectivity index (χ3n) is 1.28. The monoisotopic (exact) mass is 264 g/mol. The van der Waals surface area contributed by atoms with Crippen LogP contribution in [-0.4, -0.2) is 48.9 Å². The van der Waals surface area contributed by atoms with E-state index in [0.717, 1.165) is 0 Å². The first kappa shape index (κ1) is 18.7. The molecule has 0 radical (unpaired) electrons. The van der Waals surface area contributed by atoms with E-state index in [1.165, 1.54) is 20.8 Å². The summed E-state index contributed by atoms with van der Waals surface area (Å²) in [6.07, 6.45) is -0.754. The number of carbonyl (C=O) groups is 3. The van der Waals surface area contributed by atoms with Crippen molar-refractivity contribution in [3.63, 3.8) is 0 Å². The Labute approximate surface area is 106 Å². The maximum atomic E-state index is 10.6. The molecule has 0 bridgehead atoms. The minimum Gasteiger partial charge on any atom is -0.462 e. The molecule has 0 heterocycles. The number of aliphatic hydroxyl groups is 1. The third kappa shape index (κ3) is 16.8. The summed E-state index contributed by atoms with van der Waals surface area (Å²) >= 11 is 0. The highest BCUT2D eigenvalue weighted by Gasteiger charge is 2.15. The van der Waals surface area contributed by atoms with Crippen molar-refractivity contribution in [2.75, 3.05) is 19.8 Å². The second kappa shape index (κ2) is 11.8. The smallest absolute Gasteiger partial charge is 0.303 e. The van der Waals surface area contributed by atoms with Crippen LogP contribution in [0.3, 0.4) is 0 Å². The molecule has 0 rings (SSSR count). The zero-order valence-electron chi connectivity index (χ0n) is 11.1. The number of aliphatic hydroxyl groups excluding tert-OH is 1. The van der Waals surface area contributed by atoms with Crippen molar-refractivity contribution in [3.8, 4) is 0 Å². The van der Waals surface area contributed by atoms with Crippen molar-refractivity contribution in [1.29, 1.82) is 0 Å². The van der Waals surface area contributed by atoms with Crippen LogP contribution >= 0.6 is 0 Å². The number of ether oxygens (including phenoxy) is 3. The van der Waals surface area contributed by atoms with E-state index in [-0.39, 0.29) is 19.8 Å². The SMILES string of the molecule is CC(=O)OCC(COC(C)=O)OC(C)=O.CCO. The number of hydrogen-bond acceptors (Lipinski definition) is 7. The number of hydrogen-bond donors (Lipinski definition) is 1. The molecule has 7 heteroatoms. The van der Waals surface area contributed by atoms with Gasteiger partial charge in [0, 0.05) is 27.4 Å². The minimum absolute atomic E-state index is 0.123. The lowest BCUT2D eigenvalue weighted by atomic mass is 10.4. The molecule has 7 nitrogen and oxygen atoms in total. The molecule has 0 amide bonds. The Bertz CT molecular complexity index is 244. The van der Waals surface area contributed by atoms with Crippen molar-refractivity contribution in [1.82, 2.24) is 0 Å². The van der Waals surface area contributed by atoms with Crippen LogP contribution in [0.2, 0.25) is 0 Å². The molecule has 0 fully saturated rings. The molecule has 1 N–H and O–H groups in total. The van der Waals surface area contributed by atoms with Gasteiger partial charge < -0.3 is 19.3 Å². The first-order chi connectivity index (χ1) is 8.33. The quantitative estimate of drug-likeness (QED) is 0.553. The maximum absolute atomic E-state index is 10.6. The molecule has 18 heavy (non-hydrogen) atoms. The molecule has 0 aliphatic heterocycles. The van der Waals surface area contributed by atoms with Gasteiger partial charge in [0.15, 0.2) is 6.10 Å². The average Bonchev–Trinajstić information content (AvgIpc) is 2.22. The topological polar surface area (TPSA) is 99.1 Å². The highest BCUT2D eigenvalue weighted by molar-refractivity contribution is 5.67. The molecular formula is C11H20O7. The van der Waals surface area contributed by atoms with Crippen LogP contribution < -0.4 is 0 Å². The van der Waals surface area contributed by atoms with Crippen molar-refractivity contribution in [3.05, 3.63) is 0 Å². The molecule has 0 aromatic carbocycles. The zero-order chi connectivity index (χ0) is 14.6. The van der Waals surface area contributed by atoms with Crippen molar-refractivity contribution in [2.45, 2.75) is 33.8 Å². The van der Waals surface area contributed by atoms with Crippen molar-refractivity contribution in [2.24, 2.45) is 0 Å². The van der Waals surface area contributed by atoms with Crippen LogP contribution in [0.25, 0.3) is 0 Å². The Kier molecular flexibility index (Phi) is 12.3. The molecular weight excluding hydrogens is 244 g/mol. The molecule has 0 aliphatic rings. The highest BCUT2D eigenvalue weighted by Crippen LogP contribution is 1.97. The minimum atomic E-state index is -0.754. The number of carbonyl (C=O) groups excluding carboxylic acids is 3. The zero-order valence-corrected chi connectivity index (χ0v) is 11.1. The average molecular weight is 264 g/mol. The van der Waals surface area contributed by atoms with Crippen LogP contribution in [0.4, 0.5) is 0 Å². The van der Waals surface area contributed by atoms with E-state index in [9.17, 15) is 14.4 Å². The van der Waals surface area contributed by atoms with Crippen LogP contribution in [0.15, 0.2) is 0 Å². The summed E-state index contributed by atoms with van der Waals surface area (Å²) in [4.78, 5) is 31.6. The van der Waals surface area contributed by atoms with Crippen LogP contribution in [0, 0.1) is 0 Å². The Morgan fingerprint density at radius 3 is 1.50 bits per heavy atom. The molecule has 0 aromatic rings. The van der Waals surface area contributed by atoms with Crippen LogP contribution in [0.5, 0.6) is 0 Å². The normalized spacial score (nSPS) is 9.00. The van der Waals surface area contributed by atoms with E-state index in [2.05, 4.69) is 9.47 Å². The van der Waals surface area contributed by atoms with Gasteiger partial charge in [0.1, 0.15) is 13.2 Å². The van der Waals surface area contributed by atoms with Crippen LogP contribution in [0.1, 0.15) is 27.7 Å². The Balaban J connectivity index is 0. The van der Waals surface area contributed by atoms with Gasteiger partial charge in [0.2, 0.25) is 0 Å². The van der Waals surface area contributed by atoms with Crippen molar-refractivity contribution >= 4 is 17.9 Å². The van der Waals surface area contributed by atoms with Gasteiger partial charge in [-0.2, -0.15) is 0 Å². The fourth-order valence-corrected chi connectivity index (χ4v) is 0.771. The van der Waals surface area contributed by atoms with Crippen molar-refractivity contribution < 1.29 is 33.7 Å². The highest BCUT2D eigenvalue weighted by atomic mass is 16.6. The fourth-order valence-electron chi connectivity index (χ4n) is 0.771.